The van der Waals surface area contributed by atoms with Gasteiger partial charge in [-0.05, 0) is 53.6 Å². The van der Waals surface area contributed by atoms with Crippen LogP contribution in [0, 0.1) is 0 Å². The lowest BCUT2D eigenvalue weighted by Crippen LogP contribution is -1.99. The van der Waals surface area contributed by atoms with Gasteiger partial charge in [0.15, 0.2) is 0 Å². The van der Waals surface area contributed by atoms with Gasteiger partial charge >= 0.3 is 0 Å². The highest BCUT2D eigenvalue weighted by atomic mass is 16.3. The molecule has 0 saturated carbocycles. The molecule has 2 aromatic carbocycles. The zero-order valence-electron chi connectivity index (χ0n) is 14.9. The van der Waals surface area contributed by atoms with Gasteiger partial charge in [0.2, 0.25) is 5.95 Å². The van der Waals surface area contributed by atoms with E-state index in [1.807, 2.05) is 30.5 Å². The summed E-state index contributed by atoms with van der Waals surface area (Å²) < 4.78 is 0. The lowest BCUT2D eigenvalue weighted by Gasteiger charge is -2.08. The minimum absolute atomic E-state index is 0.0581. The number of hydrogen-bond donors (Lipinski definition) is 3. The highest BCUT2D eigenvalue weighted by molar-refractivity contribution is 5.99. The molecule has 2 aromatic heterocycles. The zero-order chi connectivity index (χ0) is 18.4. The summed E-state index contributed by atoms with van der Waals surface area (Å²) >= 11 is 0. The van der Waals surface area contributed by atoms with Gasteiger partial charge in [0.1, 0.15) is 0 Å². The number of hydrogen-bond acceptors (Lipinski definition) is 4. The summed E-state index contributed by atoms with van der Waals surface area (Å²) in [7, 11) is 0. The molecule has 0 spiro atoms. The second-order valence-corrected chi connectivity index (χ2v) is 7.05. The minimum Gasteiger partial charge on any atom is -0.392 e. The SMILES string of the molecule is Nc1ncc2c(n1)-c1c([nH]c3ccc(-c4ccc(CO)cc4)cc13)CCC2. The van der Waals surface area contributed by atoms with Crippen molar-refractivity contribution in [2.45, 2.75) is 25.9 Å². The monoisotopic (exact) mass is 356 g/mol. The summed E-state index contributed by atoms with van der Waals surface area (Å²) in [4.78, 5) is 12.3. The fourth-order valence-corrected chi connectivity index (χ4v) is 3.96. The Kier molecular flexibility index (Phi) is 3.69. The third kappa shape index (κ3) is 2.67. The van der Waals surface area contributed by atoms with Crippen LogP contribution in [0.1, 0.15) is 23.2 Å². The fourth-order valence-electron chi connectivity index (χ4n) is 3.96. The largest absolute Gasteiger partial charge is 0.392 e. The molecule has 0 atom stereocenters. The molecule has 4 N–H and O–H groups in total. The topological polar surface area (TPSA) is 87.8 Å². The Bertz CT molecular complexity index is 1150. The standard InChI is InChI=1S/C22H20N4O/c23-22-24-11-16-2-1-3-19-20(21(16)26-22)17-10-15(8-9-18(17)25-19)14-6-4-13(12-27)5-7-14/h4-11,25,27H,1-3,12H2,(H2,23,24,26). The minimum atomic E-state index is 0.0581. The van der Waals surface area contributed by atoms with E-state index in [0.717, 1.165) is 63.7 Å². The molecule has 27 heavy (non-hydrogen) atoms. The van der Waals surface area contributed by atoms with Crippen LogP contribution in [0.15, 0.2) is 48.7 Å². The Labute approximate surface area is 156 Å². The summed E-state index contributed by atoms with van der Waals surface area (Å²) in [6.07, 6.45) is 4.88. The van der Waals surface area contributed by atoms with Gasteiger partial charge in [0.05, 0.1) is 12.3 Å². The molecule has 0 radical (unpaired) electrons. The Morgan fingerprint density at radius 2 is 1.85 bits per heavy atom. The third-order valence-corrected chi connectivity index (χ3v) is 5.34. The maximum atomic E-state index is 9.26. The van der Waals surface area contributed by atoms with E-state index >= 15 is 0 Å². The van der Waals surface area contributed by atoms with Crippen molar-refractivity contribution in [3.8, 4) is 22.4 Å². The average Bonchev–Trinajstić information content (AvgIpc) is 2.96. The van der Waals surface area contributed by atoms with Crippen LogP contribution >= 0.6 is 0 Å². The van der Waals surface area contributed by atoms with Gasteiger partial charge in [0, 0.05) is 28.4 Å². The number of aliphatic hydroxyl groups excluding tert-OH is 1. The van der Waals surface area contributed by atoms with Crippen LogP contribution < -0.4 is 5.73 Å². The van der Waals surface area contributed by atoms with Crippen molar-refractivity contribution < 1.29 is 5.11 Å². The number of aryl methyl sites for hydroxylation is 2. The molecule has 5 rings (SSSR count). The molecule has 1 aliphatic rings. The van der Waals surface area contributed by atoms with Crippen LogP contribution in [0.5, 0.6) is 0 Å². The first-order valence-corrected chi connectivity index (χ1v) is 9.19. The molecule has 4 aromatic rings. The first-order chi connectivity index (χ1) is 13.2. The highest BCUT2D eigenvalue weighted by Gasteiger charge is 2.21. The quantitative estimate of drug-likeness (QED) is 0.509. The van der Waals surface area contributed by atoms with Gasteiger partial charge in [0.25, 0.3) is 0 Å². The number of nitrogens with zero attached hydrogens (tertiary/aromatic N) is 2. The number of rotatable bonds is 2. The Hall–Kier alpha value is -3.18. The lowest BCUT2D eigenvalue weighted by atomic mass is 9.99. The Morgan fingerprint density at radius 3 is 2.67 bits per heavy atom. The van der Waals surface area contributed by atoms with Crippen molar-refractivity contribution in [3.63, 3.8) is 0 Å². The second kappa shape index (κ2) is 6.21. The molecular formula is C22H20N4O. The van der Waals surface area contributed by atoms with E-state index < -0.39 is 0 Å². The number of nitrogens with one attached hydrogen (secondary N) is 1. The Morgan fingerprint density at radius 1 is 1.04 bits per heavy atom. The molecule has 2 heterocycles. The fraction of sp³-hybridized carbons (Fsp3) is 0.182. The predicted molar refractivity (Wildman–Crippen MR) is 107 cm³/mol. The third-order valence-electron chi connectivity index (χ3n) is 5.34. The molecule has 0 saturated heterocycles. The van der Waals surface area contributed by atoms with Crippen molar-refractivity contribution in [2.75, 3.05) is 5.73 Å². The molecule has 1 aliphatic carbocycles. The van der Waals surface area contributed by atoms with E-state index in [0.29, 0.717) is 5.95 Å². The second-order valence-electron chi connectivity index (χ2n) is 7.05. The number of anilines is 1. The molecule has 5 nitrogen and oxygen atoms in total. The summed E-state index contributed by atoms with van der Waals surface area (Å²) in [5, 5.41) is 10.4. The van der Waals surface area contributed by atoms with Crippen molar-refractivity contribution in [3.05, 3.63) is 65.5 Å². The van der Waals surface area contributed by atoms with Gasteiger partial charge in [-0.25, -0.2) is 9.97 Å². The summed E-state index contributed by atoms with van der Waals surface area (Å²) in [6.45, 7) is 0.0581. The predicted octanol–water partition coefficient (Wildman–Crippen LogP) is 3.86. The molecule has 0 bridgehead atoms. The number of aromatic nitrogens is 3. The number of aromatic amines is 1. The van der Waals surface area contributed by atoms with E-state index in [1.54, 1.807) is 0 Å². The van der Waals surface area contributed by atoms with Crippen LogP contribution in [0.4, 0.5) is 5.95 Å². The number of H-pyrrole nitrogens is 1. The van der Waals surface area contributed by atoms with Gasteiger partial charge in [-0.3, -0.25) is 0 Å². The number of fused-ring (bicyclic) bond motifs is 5. The van der Waals surface area contributed by atoms with Crippen molar-refractivity contribution in [2.24, 2.45) is 0 Å². The molecule has 0 amide bonds. The first-order valence-electron chi connectivity index (χ1n) is 9.19. The normalized spacial score (nSPS) is 13.2. The summed E-state index contributed by atoms with van der Waals surface area (Å²) in [5.41, 5.74) is 14.7. The van der Waals surface area contributed by atoms with Gasteiger partial charge in [-0.2, -0.15) is 0 Å². The molecule has 0 fully saturated rings. The Balaban J connectivity index is 1.72. The molecule has 5 heteroatoms. The molecule has 0 unspecified atom stereocenters. The maximum absolute atomic E-state index is 9.26. The number of benzene rings is 2. The van der Waals surface area contributed by atoms with E-state index in [2.05, 4.69) is 33.2 Å². The van der Waals surface area contributed by atoms with Crippen LogP contribution in [0.3, 0.4) is 0 Å². The van der Waals surface area contributed by atoms with Gasteiger partial charge in [-0.1, -0.05) is 30.3 Å². The zero-order valence-corrected chi connectivity index (χ0v) is 14.9. The number of aliphatic hydroxyl groups is 1. The van der Waals surface area contributed by atoms with Crippen molar-refractivity contribution in [1.29, 1.82) is 0 Å². The molecule has 134 valence electrons. The van der Waals surface area contributed by atoms with Crippen LogP contribution in [-0.4, -0.2) is 20.1 Å². The van der Waals surface area contributed by atoms with E-state index in [4.69, 9.17) is 5.73 Å². The van der Waals surface area contributed by atoms with Gasteiger partial charge < -0.3 is 15.8 Å². The van der Waals surface area contributed by atoms with Crippen molar-refractivity contribution in [1.82, 2.24) is 15.0 Å². The average molecular weight is 356 g/mol. The van der Waals surface area contributed by atoms with E-state index in [-0.39, 0.29) is 6.61 Å². The van der Waals surface area contributed by atoms with Gasteiger partial charge in [-0.15, -0.1) is 0 Å². The summed E-state index contributed by atoms with van der Waals surface area (Å²) in [5.74, 6) is 0.312. The number of nitrogen functional groups attached to an aromatic ring is 1. The van der Waals surface area contributed by atoms with Crippen LogP contribution in [-0.2, 0) is 19.4 Å². The maximum Gasteiger partial charge on any atom is 0.220 e. The van der Waals surface area contributed by atoms with Crippen molar-refractivity contribution >= 4 is 16.9 Å². The molecular weight excluding hydrogens is 336 g/mol. The summed E-state index contributed by atoms with van der Waals surface area (Å²) in [6, 6.07) is 14.5. The smallest absolute Gasteiger partial charge is 0.220 e. The van der Waals surface area contributed by atoms with E-state index in [9.17, 15) is 5.11 Å². The molecule has 0 aliphatic heterocycles. The number of nitrogens with two attached hydrogens (primary N) is 1. The highest BCUT2D eigenvalue weighted by Crippen LogP contribution is 2.38. The lowest BCUT2D eigenvalue weighted by molar-refractivity contribution is 0.282. The van der Waals surface area contributed by atoms with E-state index in [1.165, 1.54) is 5.69 Å². The van der Waals surface area contributed by atoms with Crippen LogP contribution in [0.2, 0.25) is 0 Å². The van der Waals surface area contributed by atoms with Crippen LogP contribution in [0.25, 0.3) is 33.3 Å². The first kappa shape index (κ1) is 16.0.